The van der Waals surface area contributed by atoms with Crippen LogP contribution in [-0.2, 0) is 13.6 Å². The second kappa shape index (κ2) is 6.53. The fraction of sp³-hybridized carbons (Fsp3) is 0.538. The quantitative estimate of drug-likeness (QED) is 0.571. The SMILES string of the molecule is COP(=O)(OCC[N+](C)(C)C)Oc1ccc(C)cc1. The van der Waals surface area contributed by atoms with Crippen LogP contribution in [0.1, 0.15) is 5.56 Å². The predicted octanol–water partition coefficient (Wildman–Crippen LogP) is 2.85. The first-order valence-corrected chi connectivity index (χ1v) is 7.57. The zero-order valence-corrected chi connectivity index (χ0v) is 13.1. The second-order valence-corrected chi connectivity index (χ2v) is 7.08. The van der Waals surface area contributed by atoms with Crippen molar-refractivity contribution in [3.63, 3.8) is 0 Å². The van der Waals surface area contributed by atoms with Crippen LogP contribution in [0.4, 0.5) is 0 Å². The molecular formula is C13H23NO4P+. The Morgan fingerprint density at radius 3 is 2.21 bits per heavy atom. The summed E-state index contributed by atoms with van der Waals surface area (Å²) in [6.45, 7) is 2.99. The molecule has 0 aromatic heterocycles. The third kappa shape index (κ3) is 6.21. The molecule has 108 valence electrons. The van der Waals surface area contributed by atoms with E-state index in [9.17, 15) is 4.57 Å². The van der Waals surface area contributed by atoms with Gasteiger partial charge in [0, 0.05) is 7.11 Å². The Labute approximate surface area is 115 Å². The highest BCUT2D eigenvalue weighted by molar-refractivity contribution is 7.48. The highest BCUT2D eigenvalue weighted by Gasteiger charge is 2.27. The summed E-state index contributed by atoms with van der Waals surface area (Å²) in [7, 11) is 3.88. The average molecular weight is 288 g/mol. The number of likely N-dealkylation sites (N-methyl/N-ethyl adjacent to an activating group) is 1. The maximum absolute atomic E-state index is 12.2. The Balaban J connectivity index is 2.60. The Morgan fingerprint density at radius 1 is 1.16 bits per heavy atom. The van der Waals surface area contributed by atoms with Crippen LogP contribution in [0.3, 0.4) is 0 Å². The first kappa shape index (κ1) is 16.2. The molecule has 0 spiro atoms. The fourth-order valence-corrected chi connectivity index (χ4v) is 2.19. The molecule has 0 radical (unpaired) electrons. The van der Waals surface area contributed by atoms with Gasteiger partial charge >= 0.3 is 7.82 Å². The van der Waals surface area contributed by atoms with E-state index in [1.807, 2.05) is 40.2 Å². The van der Waals surface area contributed by atoms with Crippen molar-refractivity contribution in [3.05, 3.63) is 29.8 Å². The van der Waals surface area contributed by atoms with Gasteiger partial charge in [-0.05, 0) is 19.1 Å². The molecule has 1 rings (SSSR count). The van der Waals surface area contributed by atoms with E-state index >= 15 is 0 Å². The van der Waals surface area contributed by atoms with Gasteiger partial charge in [-0.25, -0.2) is 4.57 Å². The van der Waals surface area contributed by atoms with Crippen LogP contribution in [0.15, 0.2) is 24.3 Å². The summed E-state index contributed by atoms with van der Waals surface area (Å²) in [5.41, 5.74) is 1.10. The summed E-state index contributed by atoms with van der Waals surface area (Å²) in [4.78, 5) is 0. The molecule has 0 fully saturated rings. The maximum Gasteiger partial charge on any atom is 0.530 e. The van der Waals surface area contributed by atoms with Crippen LogP contribution in [0.2, 0.25) is 0 Å². The van der Waals surface area contributed by atoms with Crippen molar-refractivity contribution in [2.75, 3.05) is 41.4 Å². The van der Waals surface area contributed by atoms with Crippen LogP contribution in [-0.4, -0.2) is 45.9 Å². The van der Waals surface area contributed by atoms with Crippen molar-refractivity contribution < 1.29 is 22.6 Å². The Bertz CT molecular complexity index is 439. The molecule has 0 N–H and O–H groups in total. The number of quaternary nitrogens is 1. The van der Waals surface area contributed by atoms with Crippen LogP contribution in [0.5, 0.6) is 5.75 Å². The molecule has 0 heterocycles. The van der Waals surface area contributed by atoms with Crippen LogP contribution < -0.4 is 4.52 Å². The molecule has 0 bridgehead atoms. The molecular weight excluding hydrogens is 265 g/mol. The van der Waals surface area contributed by atoms with Gasteiger partial charge in [-0.2, -0.15) is 0 Å². The topological polar surface area (TPSA) is 44.8 Å². The fourth-order valence-electron chi connectivity index (χ4n) is 1.27. The van der Waals surface area contributed by atoms with Crippen LogP contribution in [0.25, 0.3) is 0 Å². The highest BCUT2D eigenvalue weighted by atomic mass is 31.2. The van der Waals surface area contributed by atoms with Crippen LogP contribution in [0, 0.1) is 6.92 Å². The largest absolute Gasteiger partial charge is 0.530 e. The lowest BCUT2D eigenvalue weighted by Gasteiger charge is -2.24. The molecule has 1 aromatic carbocycles. The van der Waals surface area contributed by atoms with Crippen molar-refractivity contribution in [1.82, 2.24) is 0 Å². The van der Waals surface area contributed by atoms with Gasteiger partial charge in [-0.3, -0.25) is 9.05 Å². The summed E-state index contributed by atoms with van der Waals surface area (Å²) in [6.07, 6.45) is 0. The highest BCUT2D eigenvalue weighted by Crippen LogP contribution is 2.48. The first-order chi connectivity index (χ1) is 8.74. The molecule has 0 aliphatic carbocycles. The monoisotopic (exact) mass is 288 g/mol. The normalized spacial score (nSPS) is 15.0. The van der Waals surface area contributed by atoms with E-state index in [0.29, 0.717) is 23.4 Å². The number of nitrogens with zero attached hydrogens (tertiary/aromatic N) is 1. The van der Waals surface area contributed by atoms with E-state index in [1.165, 1.54) is 7.11 Å². The number of hydrogen-bond donors (Lipinski definition) is 0. The standard InChI is InChI=1S/C13H23NO4P/c1-12-6-8-13(9-7-12)18-19(15,16-5)17-11-10-14(2,3)4/h6-9H,10-11H2,1-5H3/q+1. The van der Waals surface area contributed by atoms with E-state index in [1.54, 1.807) is 12.1 Å². The van der Waals surface area contributed by atoms with Gasteiger partial charge in [0.2, 0.25) is 0 Å². The Kier molecular flexibility index (Phi) is 5.56. The Hall–Kier alpha value is -0.870. The molecule has 1 unspecified atom stereocenters. The summed E-state index contributed by atoms with van der Waals surface area (Å²) < 4.78 is 28.5. The third-order valence-electron chi connectivity index (χ3n) is 2.47. The zero-order valence-electron chi connectivity index (χ0n) is 12.3. The van der Waals surface area contributed by atoms with E-state index < -0.39 is 7.82 Å². The zero-order chi connectivity index (χ0) is 14.5. The molecule has 1 atom stereocenters. The first-order valence-electron chi connectivity index (χ1n) is 6.11. The van der Waals surface area contributed by atoms with E-state index in [2.05, 4.69) is 0 Å². The number of hydrogen-bond acceptors (Lipinski definition) is 4. The molecule has 19 heavy (non-hydrogen) atoms. The predicted molar refractivity (Wildman–Crippen MR) is 75.3 cm³/mol. The van der Waals surface area contributed by atoms with E-state index in [-0.39, 0.29) is 0 Å². The molecule has 5 nitrogen and oxygen atoms in total. The van der Waals surface area contributed by atoms with Gasteiger partial charge in [-0.1, -0.05) is 17.7 Å². The van der Waals surface area contributed by atoms with E-state index in [4.69, 9.17) is 13.6 Å². The lowest BCUT2D eigenvalue weighted by molar-refractivity contribution is -0.870. The van der Waals surface area contributed by atoms with Gasteiger partial charge in [-0.15, -0.1) is 0 Å². The maximum atomic E-state index is 12.2. The number of rotatable bonds is 7. The van der Waals surface area contributed by atoms with Crippen molar-refractivity contribution in [2.24, 2.45) is 0 Å². The van der Waals surface area contributed by atoms with Gasteiger partial charge in [0.05, 0.1) is 21.1 Å². The smallest absolute Gasteiger partial charge is 0.404 e. The molecule has 0 aliphatic rings. The van der Waals surface area contributed by atoms with Gasteiger partial charge in [0.1, 0.15) is 18.9 Å². The number of aryl methyl sites for hydroxylation is 1. The third-order valence-corrected chi connectivity index (χ3v) is 3.85. The molecule has 0 saturated carbocycles. The molecule has 6 heteroatoms. The minimum atomic E-state index is -3.53. The van der Waals surface area contributed by atoms with Crippen molar-refractivity contribution >= 4 is 7.82 Å². The Morgan fingerprint density at radius 2 is 1.74 bits per heavy atom. The lowest BCUT2D eigenvalue weighted by atomic mass is 10.2. The molecule has 0 amide bonds. The van der Waals surface area contributed by atoms with Crippen molar-refractivity contribution in [1.29, 1.82) is 0 Å². The minimum absolute atomic E-state index is 0.306. The lowest BCUT2D eigenvalue weighted by Crippen LogP contribution is -2.37. The summed E-state index contributed by atoms with van der Waals surface area (Å²) in [5.74, 6) is 0.473. The minimum Gasteiger partial charge on any atom is -0.404 e. The average Bonchev–Trinajstić information content (AvgIpc) is 2.30. The van der Waals surface area contributed by atoms with Gasteiger partial charge < -0.3 is 9.01 Å². The molecule has 0 aliphatic heterocycles. The summed E-state index contributed by atoms with van der Waals surface area (Å²) in [6, 6.07) is 7.23. The molecule has 1 aromatic rings. The molecule has 0 saturated heterocycles. The van der Waals surface area contributed by atoms with E-state index in [0.717, 1.165) is 5.56 Å². The van der Waals surface area contributed by atoms with Gasteiger partial charge in [0.25, 0.3) is 0 Å². The van der Waals surface area contributed by atoms with Gasteiger partial charge in [0.15, 0.2) is 0 Å². The second-order valence-electron chi connectivity index (χ2n) is 5.38. The van der Waals surface area contributed by atoms with Crippen molar-refractivity contribution in [3.8, 4) is 5.75 Å². The summed E-state index contributed by atoms with van der Waals surface area (Å²) in [5, 5.41) is 0. The summed E-state index contributed by atoms with van der Waals surface area (Å²) >= 11 is 0. The number of phosphoric acid groups is 1. The van der Waals surface area contributed by atoms with Crippen molar-refractivity contribution in [2.45, 2.75) is 6.92 Å². The number of phosphoric ester groups is 1. The van der Waals surface area contributed by atoms with Crippen LogP contribution >= 0.6 is 7.82 Å². The number of benzene rings is 1.